The number of hydrogen-bond acceptors (Lipinski definition) is 3. The van der Waals surface area contributed by atoms with Crippen molar-refractivity contribution in [1.29, 1.82) is 0 Å². The summed E-state index contributed by atoms with van der Waals surface area (Å²) >= 11 is 3.34. The van der Waals surface area contributed by atoms with E-state index >= 15 is 0 Å². The van der Waals surface area contributed by atoms with Crippen molar-refractivity contribution in [2.45, 2.75) is 5.79 Å². The van der Waals surface area contributed by atoms with Gasteiger partial charge in [-0.2, -0.15) is 0 Å². The molecule has 0 aliphatic heterocycles. The summed E-state index contributed by atoms with van der Waals surface area (Å²) in [6, 6.07) is 12.5. The minimum atomic E-state index is -1.59. The molecule has 2 aromatic rings. The molecule has 0 saturated heterocycles. The third-order valence-electron chi connectivity index (χ3n) is 3.20. The van der Waals surface area contributed by atoms with Crippen LogP contribution in [0.3, 0.4) is 0 Å². The molecule has 0 atom stereocenters. The van der Waals surface area contributed by atoms with E-state index in [1.165, 1.54) is 38.5 Å². The molecule has 22 heavy (non-hydrogen) atoms. The number of rotatable bonds is 5. The van der Waals surface area contributed by atoms with Gasteiger partial charge in [-0.25, -0.2) is 4.39 Å². The first-order valence-corrected chi connectivity index (χ1v) is 7.24. The summed E-state index contributed by atoms with van der Waals surface area (Å²) < 4.78 is 24.5. The molecule has 0 unspecified atom stereocenters. The third kappa shape index (κ3) is 3.35. The van der Waals surface area contributed by atoms with Crippen LogP contribution in [0.15, 0.2) is 53.0 Å². The maximum atomic E-state index is 12.9. The minimum absolute atomic E-state index is 0.379. The molecule has 0 spiro atoms. The van der Waals surface area contributed by atoms with Crippen LogP contribution in [-0.4, -0.2) is 20.1 Å². The summed E-state index contributed by atoms with van der Waals surface area (Å²) in [7, 11) is 2.77. The Hall–Kier alpha value is -1.76. The highest BCUT2D eigenvalue weighted by atomic mass is 79.9. The molecule has 6 heteroatoms. The van der Waals surface area contributed by atoms with E-state index in [4.69, 9.17) is 9.47 Å². The van der Waals surface area contributed by atoms with Crippen molar-refractivity contribution in [3.8, 4) is 0 Å². The summed E-state index contributed by atoms with van der Waals surface area (Å²) in [6.07, 6.45) is 0. The summed E-state index contributed by atoms with van der Waals surface area (Å²) in [5, 5.41) is 2.66. The van der Waals surface area contributed by atoms with E-state index in [0.29, 0.717) is 11.3 Å². The summed E-state index contributed by atoms with van der Waals surface area (Å²) in [5.74, 6) is -2.48. The lowest BCUT2D eigenvalue weighted by molar-refractivity contribution is -0.210. The quantitative estimate of drug-likeness (QED) is 0.820. The van der Waals surface area contributed by atoms with Gasteiger partial charge in [0.15, 0.2) is 0 Å². The number of halogens is 2. The molecule has 1 N–H and O–H groups in total. The second-order valence-corrected chi connectivity index (χ2v) is 5.41. The van der Waals surface area contributed by atoms with Crippen LogP contribution in [0.4, 0.5) is 10.1 Å². The molecule has 0 heterocycles. The van der Waals surface area contributed by atoms with Crippen LogP contribution in [0, 0.1) is 5.82 Å². The van der Waals surface area contributed by atoms with Gasteiger partial charge in [0.1, 0.15) is 5.82 Å². The van der Waals surface area contributed by atoms with E-state index < -0.39 is 11.7 Å². The van der Waals surface area contributed by atoms with Crippen molar-refractivity contribution in [2.24, 2.45) is 0 Å². The highest BCUT2D eigenvalue weighted by Gasteiger charge is 2.41. The predicted molar refractivity (Wildman–Crippen MR) is 84.9 cm³/mol. The number of amides is 1. The van der Waals surface area contributed by atoms with Crippen LogP contribution >= 0.6 is 15.9 Å². The second kappa shape index (κ2) is 7.00. The Morgan fingerprint density at radius 1 is 1.05 bits per heavy atom. The fourth-order valence-electron chi connectivity index (χ4n) is 2.05. The smallest absolute Gasteiger partial charge is 0.289 e. The summed E-state index contributed by atoms with van der Waals surface area (Å²) in [6.45, 7) is 0. The van der Waals surface area contributed by atoms with Crippen LogP contribution in [0.2, 0.25) is 0 Å². The summed E-state index contributed by atoms with van der Waals surface area (Å²) in [5.41, 5.74) is 0.988. The maximum Gasteiger partial charge on any atom is 0.289 e. The van der Waals surface area contributed by atoms with E-state index in [2.05, 4.69) is 21.2 Å². The van der Waals surface area contributed by atoms with E-state index in [-0.39, 0.29) is 5.82 Å². The predicted octanol–water partition coefficient (Wildman–Crippen LogP) is 3.67. The van der Waals surface area contributed by atoms with Crippen LogP contribution in [0.25, 0.3) is 0 Å². The molecule has 0 fully saturated rings. The molecule has 2 rings (SSSR count). The normalized spacial score (nSPS) is 11.3. The van der Waals surface area contributed by atoms with Gasteiger partial charge in [-0.15, -0.1) is 0 Å². The number of carbonyl (C=O) groups excluding carboxylic acids is 1. The molecular weight excluding hydrogens is 353 g/mol. The van der Waals surface area contributed by atoms with Gasteiger partial charge in [-0.1, -0.05) is 28.1 Å². The van der Waals surface area contributed by atoms with Gasteiger partial charge in [0, 0.05) is 29.9 Å². The van der Waals surface area contributed by atoms with Crippen LogP contribution in [0.1, 0.15) is 5.56 Å². The molecule has 1 amide bonds. The van der Waals surface area contributed by atoms with E-state index in [1.54, 1.807) is 24.3 Å². The fourth-order valence-corrected chi connectivity index (χ4v) is 2.32. The van der Waals surface area contributed by atoms with Crippen molar-refractivity contribution < 1.29 is 18.7 Å². The molecule has 116 valence electrons. The minimum Gasteiger partial charge on any atom is -0.342 e. The average Bonchev–Trinajstić information content (AvgIpc) is 2.53. The maximum absolute atomic E-state index is 12.9. The first kappa shape index (κ1) is 16.6. The molecule has 0 aliphatic rings. The Morgan fingerprint density at radius 3 is 2.09 bits per heavy atom. The van der Waals surface area contributed by atoms with Crippen LogP contribution in [-0.2, 0) is 20.1 Å². The van der Waals surface area contributed by atoms with Crippen LogP contribution in [0.5, 0.6) is 0 Å². The average molecular weight is 368 g/mol. The van der Waals surface area contributed by atoms with Gasteiger partial charge in [0.05, 0.1) is 0 Å². The molecule has 2 aromatic carbocycles. The first-order chi connectivity index (χ1) is 10.5. The Bertz CT molecular complexity index is 639. The molecule has 4 nitrogen and oxygen atoms in total. The van der Waals surface area contributed by atoms with E-state index in [0.717, 1.165) is 4.47 Å². The highest BCUT2D eigenvalue weighted by molar-refractivity contribution is 9.10. The molecule has 0 bridgehead atoms. The lowest BCUT2D eigenvalue weighted by Gasteiger charge is -2.29. The SMILES string of the molecule is COC(OC)(C(=O)Nc1ccc(F)cc1)c1ccc(Br)cc1. The van der Waals surface area contributed by atoms with Crippen molar-refractivity contribution in [2.75, 3.05) is 19.5 Å². The molecule has 0 saturated carbocycles. The topological polar surface area (TPSA) is 47.6 Å². The second-order valence-electron chi connectivity index (χ2n) is 4.49. The highest BCUT2D eigenvalue weighted by Crippen LogP contribution is 2.29. The summed E-state index contributed by atoms with van der Waals surface area (Å²) in [4.78, 5) is 12.6. The monoisotopic (exact) mass is 367 g/mol. The van der Waals surface area contributed by atoms with E-state index in [9.17, 15) is 9.18 Å². The number of methoxy groups -OCH3 is 2. The lowest BCUT2D eigenvalue weighted by atomic mass is 10.0. The van der Waals surface area contributed by atoms with Crippen molar-refractivity contribution in [3.63, 3.8) is 0 Å². The zero-order chi connectivity index (χ0) is 16.2. The number of nitrogens with one attached hydrogen (secondary N) is 1. The molecule has 0 aliphatic carbocycles. The Morgan fingerprint density at radius 2 is 1.59 bits per heavy atom. The van der Waals surface area contributed by atoms with Crippen molar-refractivity contribution >= 4 is 27.5 Å². The number of benzene rings is 2. The first-order valence-electron chi connectivity index (χ1n) is 6.45. The number of hydrogen-bond donors (Lipinski definition) is 1. The van der Waals surface area contributed by atoms with Gasteiger partial charge in [-0.3, -0.25) is 4.79 Å². The van der Waals surface area contributed by atoms with Crippen LogP contribution < -0.4 is 5.32 Å². The van der Waals surface area contributed by atoms with Gasteiger partial charge in [0.25, 0.3) is 11.7 Å². The molecule has 0 radical (unpaired) electrons. The van der Waals surface area contributed by atoms with Crippen molar-refractivity contribution in [1.82, 2.24) is 0 Å². The number of carbonyl (C=O) groups is 1. The fraction of sp³-hybridized carbons (Fsp3) is 0.188. The Labute approximate surface area is 136 Å². The number of anilines is 1. The van der Waals surface area contributed by atoms with Crippen molar-refractivity contribution in [3.05, 3.63) is 64.4 Å². The standard InChI is InChI=1S/C16H15BrFNO3/c1-21-16(22-2,11-3-5-12(17)6-4-11)15(20)19-14-9-7-13(18)8-10-14/h3-10H,1-2H3,(H,19,20). The Kier molecular flexibility index (Phi) is 5.28. The zero-order valence-corrected chi connectivity index (χ0v) is 13.7. The van der Waals surface area contributed by atoms with Gasteiger partial charge in [0.2, 0.25) is 0 Å². The van der Waals surface area contributed by atoms with Gasteiger partial charge in [-0.05, 0) is 36.4 Å². The zero-order valence-electron chi connectivity index (χ0n) is 12.1. The Balaban J connectivity index is 2.31. The molecular formula is C16H15BrFNO3. The largest absolute Gasteiger partial charge is 0.342 e. The molecule has 0 aromatic heterocycles. The van der Waals surface area contributed by atoms with Gasteiger partial charge >= 0.3 is 0 Å². The van der Waals surface area contributed by atoms with E-state index in [1.807, 2.05) is 0 Å². The third-order valence-corrected chi connectivity index (χ3v) is 3.73. The number of ether oxygens (including phenoxy) is 2. The van der Waals surface area contributed by atoms with Gasteiger partial charge < -0.3 is 14.8 Å². The lowest BCUT2D eigenvalue weighted by Crippen LogP contribution is -2.43.